The van der Waals surface area contributed by atoms with Gasteiger partial charge in [-0.2, -0.15) is 0 Å². The second-order valence-corrected chi connectivity index (χ2v) is 8.09. The quantitative estimate of drug-likeness (QED) is 0.810. The predicted octanol–water partition coefficient (Wildman–Crippen LogP) is 3.23. The number of nitrogens with zero attached hydrogens (tertiary/aromatic N) is 4. The van der Waals surface area contributed by atoms with E-state index < -0.39 is 11.6 Å². The third-order valence-corrected chi connectivity index (χ3v) is 6.09. The molecule has 0 bridgehead atoms. The van der Waals surface area contributed by atoms with Gasteiger partial charge in [0.05, 0.1) is 18.3 Å². The van der Waals surface area contributed by atoms with Crippen LogP contribution in [0, 0.1) is 17.6 Å². The van der Waals surface area contributed by atoms with Crippen LogP contribution in [0.5, 0.6) is 0 Å². The lowest BCUT2D eigenvalue weighted by atomic mass is 10.1. The highest BCUT2D eigenvalue weighted by Crippen LogP contribution is 2.49. The smallest absolute Gasteiger partial charge is 0.226 e. The fourth-order valence-electron chi connectivity index (χ4n) is 4.29. The summed E-state index contributed by atoms with van der Waals surface area (Å²) in [6, 6.07) is 4.10. The van der Waals surface area contributed by atoms with Gasteiger partial charge < -0.3 is 4.90 Å². The molecule has 2 aliphatic carbocycles. The first-order valence-electron chi connectivity index (χ1n) is 9.75. The highest BCUT2D eigenvalue weighted by molar-refractivity contribution is 5.83. The van der Waals surface area contributed by atoms with Crippen molar-refractivity contribution in [1.29, 1.82) is 0 Å². The number of carbonyl (C=O) groups is 1. The summed E-state index contributed by atoms with van der Waals surface area (Å²) in [7, 11) is 0. The Morgan fingerprint density at radius 2 is 2.04 bits per heavy atom. The molecule has 5 rings (SSSR count). The SMILES string of the molecule is O=C(C1CC1c1ccc(F)c(F)c1)N1CCC[C@H]1Cn1cc(C2CC2)nn1. The van der Waals surface area contributed by atoms with E-state index in [2.05, 4.69) is 10.3 Å². The summed E-state index contributed by atoms with van der Waals surface area (Å²) in [5.74, 6) is -1.10. The molecule has 142 valence electrons. The van der Waals surface area contributed by atoms with Crippen molar-refractivity contribution in [1.82, 2.24) is 19.9 Å². The molecular weight excluding hydrogens is 350 g/mol. The maximum absolute atomic E-state index is 13.5. The van der Waals surface area contributed by atoms with Crippen molar-refractivity contribution in [3.05, 3.63) is 47.3 Å². The van der Waals surface area contributed by atoms with Crippen molar-refractivity contribution in [2.24, 2.45) is 5.92 Å². The fraction of sp³-hybridized carbons (Fsp3) is 0.550. The molecule has 1 aromatic carbocycles. The number of hydrogen-bond donors (Lipinski definition) is 0. The van der Waals surface area contributed by atoms with Crippen LogP contribution in [-0.4, -0.2) is 38.4 Å². The summed E-state index contributed by atoms with van der Waals surface area (Å²) in [5.41, 5.74) is 1.78. The molecule has 3 aliphatic rings. The number of halogens is 2. The van der Waals surface area contributed by atoms with Gasteiger partial charge >= 0.3 is 0 Å². The minimum absolute atomic E-state index is 0.00156. The monoisotopic (exact) mass is 372 g/mol. The van der Waals surface area contributed by atoms with Crippen LogP contribution < -0.4 is 0 Å². The van der Waals surface area contributed by atoms with Gasteiger partial charge in [-0.05, 0) is 55.7 Å². The second-order valence-electron chi connectivity index (χ2n) is 8.09. The van der Waals surface area contributed by atoms with Gasteiger partial charge in [-0.3, -0.25) is 9.48 Å². The average molecular weight is 372 g/mol. The minimum atomic E-state index is -0.847. The van der Waals surface area contributed by atoms with Crippen LogP contribution in [0.4, 0.5) is 8.78 Å². The number of rotatable bonds is 5. The van der Waals surface area contributed by atoms with E-state index in [9.17, 15) is 13.6 Å². The Morgan fingerprint density at radius 3 is 2.81 bits per heavy atom. The molecule has 27 heavy (non-hydrogen) atoms. The normalized spacial score (nSPS) is 27.2. The molecule has 3 atom stereocenters. The molecule has 0 N–H and O–H groups in total. The summed E-state index contributed by atoms with van der Waals surface area (Å²) < 4.78 is 28.5. The Labute approximate surface area is 156 Å². The molecule has 1 saturated heterocycles. The van der Waals surface area contributed by atoms with Crippen molar-refractivity contribution >= 4 is 5.91 Å². The van der Waals surface area contributed by atoms with Crippen LogP contribution in [0.15, 0.2) is 24.4 Å². The molecule has 1 aliphatic heterocycles. The number of carbonyl (C=O) groups excluding carboxylic acids is 1. The van der Waals surface area contributed by atoms with E-state index in [0.717, 1.165) is 31.1 Å². The summed E-state index contributed by atoms with van der Waals surface area (Å²) >= 11 is 0. The highest BCUT2D eigenvalue weighted by Gasteiger charge is 2.47. The third-order valence-electron chi connectivity index (χ3n) is 6.09. The lowest BCUT2D eigenvalue weighted by Gasteiger charge is -2.25. The van der Waals surface area contributed by atoms with Gasteiger partial charge in [-0.15, -0.1) is 5.10 Å². The van der Waals surface area contributed by atoms with E-state index in [-0.39, 0.29) is 23.8 Å². The van der Waals surface area contributed by atoms with Crippen LogP contribution in [0.25, 0.3) is 0 Å². The lowest BCUT2D eigenvalue weighted by Crippen LogP contribution is -2.39. The third kappa shape index (κ3) is 3.24. The van der Waals surface area contributed by atoms with Gasteiger partial charge in [0, 0.05) is 24.6 Å². The zero-order valence-electron chi connectivity index (χ0n) is 15.0. The van der Waals surface area contributed by atoms with Gasteiger partial charge in [0.15, 0.2) is 11.6 Å². The molecule has 2 unspecified atom stereocenters. The average Bonchev–Trinajstić information content (AvgIpc) is 3.57. The van der Waals surface area contributed by atoms with Crippen molar-refractivity contribution in [2.75, 3.05) is 6.54 Å². The molecule has 7 heteroatoms. The van der Waals surface area contributed by atoms with Gasteiger partial charge in [0.2, 0.25) is 5.91 Å². The molecule has 2 heterocycles. The number of aromatic nitrogens is 3. The van der Waals surface area contributed by atoms with Crippen LogP contribution in [0.2, 0.25) is 0 Å². The van der Waals surface area contributed by atoms with Crippen molar-refractivity contribution in [2.45, 2.75) is 56.5 Å². The van der Waals surface area contributed by atoms with Gasteiger partial charge in [-0.25, -0.2) is 8.78 Å². The lowest BCUT2D eigenvalue weighted by molar-refractivity contribution is -0.133. The zero-order chi connectivity index (χ0) is 18.5. The summed E-state index contributed by atoms with van der Waals surface area (Å²) in [6.07, 6.45) is 7.07. The van der Waals surface area contributed by atoms with Crippen LogP contribution in [0.3, 0.4) is 0 Å². The minimum Gasteiger partial charge on any atom is -0.338 e. The standard InChI is InChI=1S/C20H22F2N4O/c21-17-6-5-13(8-18(17)22)15-9-16(15)20(27)26-7-1-2-14(26)10-25-11-19(23-24-25)12-3-4-12/h5-6,8,11-12,14-16H,1-4,7,9-10H2/t14-,15?,16?/m0/s1. The Hall–Kier alpha value is -2.31. The molecule has 1 amide bonds. The molecule has 0 radical (unpaired) electrons. The molecule has 2 aromatic rings. The largest absolute Gasteiger partial charge is 0.338 e. The Kier molecular flexibility index (Phi) is 3.98. The Bertz CT molecular complexity index is 879. The topological polar surface area (TPSA) is 51.0 Å². The molecule has 1 aromatic heterocycles. The van der Waals surface area contributed by atoms with Crippen LogP contribution in [0.1, 0.15) is 55.2 Å². The number of benzene rings is 1. The fourth-order valence-corrected chi connectivity index (χ4v) is 4.29. The maximum Gasteiger partial charge on any atom is 0.226 e. The summed E-state index contributed by atoms with van der Waals surface area (Å²) in [5, 5.41) is 8.48. The van der Waals surface area contributed by atoms with Gasteiger partial charge in [0.25, 0.3) is 0 Å². The molecule has 5 nitrogen and oxygen atoms in total. The molecular formula is C20H22F2N4O. The van der Waals surface area contributed by atoms with E-state index in [1.165, 1.54) is 18.9 Å². The summed E-state index contributed by atoms with van der Waals surface area (Å²) in [4.78, 5) is 14.9. The number of amides is 1. The Morgan fingerprint density at radius 1 is 1.19 bits per heavy atom. The van der Waals surface area contributed by atoms with E-state index >= 15 is 0 Å². The van der Waals surface area contributed by atoms with E-state index in [1.54, 1.807) is 6.07 Å². The van der Waals surface area contributed by atoms with Gasteiger partial charge in [0.1, 0.15) is 0 Å². The predicted molar refractivity (Wildman–Crippen MR) is 93.9 cm³/mol. The van der Waals surface area contributed by atoms with Crippen molar-refractivity contribution < 1.29 is 13.6 Å². The second kappa shape index (κ2) is 6.39. The molecule has 0 spiro atoms. The highest BCUT2D eigenvalue weighted by atomic mass is 19.2. The maximum atomic E-state index is 13.5. The van der Waals surface area contributed by atoms with Crippen molar-refractivity contribution in [3.63, 3.8) is 0 Å². The van der Waals surface area contributed by atoms with Crippen molar-refractivity contribution in [3.8, 4) is 0 Å². The zero-order valence-corrected chi connectivity index (χ0v) is 15.0. The first-order valence-corrected chi connectivity index (χ1v) is 9.75. The number of likely N-dealkylation sites (tertiary alicyclic amines) is 1. The van der Waals surface area contributed by atoms with E-state index in [1.807, 2.05) is 15.8 Å². The molecule has 3 fully saturated rings. The number of hydrogen-bond acceptors (Lipinski definition) is 3. The Balaban J connectivity index is 1.24. The first kappa shape index (κ1) is 16.8. The van der Waals surface area contributed by atoms with E-state index in [4.69, 9.17) is 0 Å². The van der Waals surface area contributed by atoms with E-state index in [0.29, 0.717) is 24.4 Å². The summed E-state index contributed by atoms with van der Waals surface area (Å²) in [6.45, 7) is 1.43. The van der Waals surface area contributed by atoms with Crippen LogP contribution in [-0.2, 0) is 11.3 Å². The van der Waals surface area contributed by atoms with Crippen LogP contribution >= 0.6 is 0 Å². The first-order chi connectivity index (χ1) is 13.1. The molecule has 2 saturated carbocycles. The van der Waals surface area contributed by atoms with Gasteiger partial charge in [-0.1, -0.05) is 11.3 Å².